The van der Waals surface area contributed by atoms with Crippen LogP contribution in [0.15, 0.2) is 26.9 Å². The standard InChI is InChI=1S/C15H12ClN7O4S4/c1-2-28-14-21-19-12(30-14)17-10(24)6-29-15-22-20-13(31-15)18-11(25)7-3-4-8(16)9(5-7)23(26)27/h3-5H,2,6H2,1H3,(H,17,19,24)(H,18,20,25). The molecule has 16 heteroatoms. The lowest BCUT2D eigenvalue weighted by atomic mass is 10.2. The highest BCUT2D eigenvalue weighted by Crippen LogP contribution is 2.29. The van der Waals surface area contributed by atoms with Gasteiger partial charge in [-0.2, -0.15) is 0 Å². The maximum Gasteiger partial charge on any atom is 0.288 e. The minimum atomic E-state index is -0.672. The predicted octanol–water partition coefficient (Wildman–Crippen LogP) is 4.05. The smallest absolute Gasteiger partial charge is 0.288 e. The molecule has 1 aromatic carbocycles. The quantitative estimate of drug-likeness (QED) is 0.184. The number of amides is 2. The van der Waals surface area contributed by atoms with Crippen molar-refractivity contribution in [2.45, 2.75) is 15.6 Å². The van der Waals surface area contributed by atoms with Crippen molar-refractivity contribution < 1.29 is 14.5 Å². The van der Waals surface area contributed by atoms with Gasteiger partial charge in [0, 0.05) is 11.6 Å². The number of rotatable bonds is 9. The number of hydrogen-bond acceptors (Lipinski definition) is 12. The van der Waals surface area contributed by atoms with E-state index in [4.69, 9.17) is 11.6 Å². The summed E-state index contributed by atoms with van der Waals surface area (Å²) >= 11 is 10.8. The van der Waals surface area contributed by atoms with E-state index in [9.17, 15) is 19.7 Å². The van der Waals surface area contributed by atoms with Crippen molar-refractivity contribution in [1.29, 1.82) is 0 Å². The molecule has 0 saturated carbocycles. The number of nitrogens with one attached hydrogen (secondary N) is 2. The molecule has 0 atom stereocenters. The van der Waals surface area contributed by atoms with Crippen LogP contribution in [0.3, 0.4) is 0 Å². The van der Waals surface area contributed by atoms with Gasteiger partial charge in [-0.15, -0.1) is 20.4 Å². The summed E-state index contributed by atoms with van der Waals surface area (Å²) < 4.78 is 1.24. The molecule has 0 radical (unpaired) electrons. The first-order valence-electron chi connectivity index (χ1n) is 8.33. The normalized spacial score (nSPS) is 10.6. The summed E-state index contributed by atoms with van der Waals surface area (Å²) in [6.07, 6.45) is 0. The van der Waals surface area contributed by atoms with Crippen LogP contribution in [-0.2, 0) is 4.79 Å². The Bertz CT molecular complexity index is 1120. The number of halogens is 1. The molecular weight excluding hydrogens is 506 g/mol. The summed E-state index contributed by atoms with van der Waals surface area (Å²) in [7, 11) is 0. The molecule has 2 heterocycles. The van der Waals surface area contributed by atoms with E-state index in [0.29, 0.717) is 9.47 Å². The van der Waals surface area contributed by atoms with Gasteiger partial charge in [-0.1, -0.05) is 64.7 Å². The van der Waals surface area contributed by atoms with Gasteiger partial charge in [0.15, 0.2) is 8.68 Å². The molecule has 0 fully saturated rings. The number of carbonyl (C=O) groups is 2. The Morgan fingerprint density at radius 2 is 1.74 bits per heavy atom. The SMILES string of the molecule is CCSc1nnc(NC(=O)CSc2nnc(NC(=O)c3ccc(Cl)c([N+](=O)[O-])c3)s2)s1. The third-order valence-electron chi connectivity index (χ3n) is 3.28. The summed E-state index contributed by atoms with van der Waals surface area (Å²) in [6.45, 7) is 2.00. The zero-order valence-electron chi connectivity index (χ0n) is 15.5. The van der Waals surface area contributed by atoms with Gasteiger partial charge in [-0.3, -0.25) is 30.3 Å². The van der Waals surface area contributed by atoms with Crippen LogP contribution in [0.5, 0.6) is 0 Å². The van der Waals surface area contributed by atoms with E-state index in [2.05, 4.69) is 31.0 Å². The molecule has 11 nitrogen and oxygen atoms in total. The van der Waals surface area contributed by atoms with Crippen LogP contribution >= 0.6 is 57.8 Å². The van der Waals surface area contributed by atoms with Gasteiger partial charge in [0.1, 0.15) is 5.02 Å². The van der Waals surface area contributed by atoms with Crippen molar-refractivity contribution in [3.63, 3.8) is 0 Å². The van der Waals surface area contributed by atoms with Gasteiger partial charge in [0.05, 0.1) is 10.7 Å². The summed E-state index contributed by atoms with van der Waals surface area (Å²) in [4.78, 5) is 34.6. The highest BCUT2D eigenvalue weighted by molar-refractivity contribution is 8.01. The molecule has 31 heavy (non-hydrogen) atoms. The van der Waals surface area contributed by atoms with Crippen molar-refractivity contribution >= 4 is 85.6 Å². The molecule has 162 valence electrons. The zero-order valence-corrected chi connectivity index (χ0v) is 19.5. The van der Waals surface area contributed by atoms with Crippen LogP contribution in [0.2, 0.25) is 5.02 Å². The average Bonchev–Trinajstić information content (AvgIpc) is 3.36. The monoisotopic (exact) mass is 517 g/mol. The van der Waals surface area contributed by atoms with E-state index in [1.165, 1.54) is 35.2 Å². The van der Waals surface area contributed by atoms with Crippen molar-refractivity contribution in [2.24, 2.45) is 0 Å². The lowest BCUT2D eigenvalue weighted by molar-refractivity contribution is -0.384. The number of thioether (sulfide) groups is 2. The van der Waals surface area contributed by atoms with Crippen LogP contribution < -0.4 is 10.6 Å². The fourth-order valence-corrected chi connectivity index (χ4v) is 5.41. The van der Waals surface area contributed by atoms with E-state index in [0.717, 1.165) is 39.3 Å². The Morgan fingerprint density at radius 1 is 1.10 bits per heavy atom. The minimum absolute atomic E-state index is 0.0533. The van der Waals surface area contributed by atoms with Gasteiger partial charge >= 0.3 is 0 Å². The summed E-state index contributed by atoms with van der Waals surface area (Å²) in [5.74, 6) is 0.0658. The molecule has 2 N–H and O–H groups in total. The number of hydrogen-bond donors (Lipinski definition) is 2. The van der Waals surface area contributed by atoms with Crippen molar-refractivity contribution in [2.75, 3.05) is 22.1 Å². The van der Waals surface area contributed by atoms with Gasteiger partial charge in [-0.25, -0.2) is 0 Å². The van der Waals surface area contributed by atoms with Gasteiger partial charge in [-0.05, 0) is 17.9 Å². The fourth-order valence-electron chi connectivity index (χ4n) is 2.01. The molecule has 2 amide bonds. The fraction of sp³-hybridized carbons (Fsp3) is 0.200. The maximum absolute atomic E-state index is 12.3. The van der Waals surface area contributed by atoms with Crippen LogP contribution in [0.1, 0.15) is 17.3 Å². The first-order valence-corrected chi connectivity index (χ1v) is 12.3. The molecule has 3 aromatic rings. The molecule has 0 aliphatic rings. The Hall–Kier alpha value is -2.33. The second-order valence-electron chi connectivity index (χ2n) is 5.39. The average molecular weight is 518 g/mol. The largest absolute Gasteiger partial charge is 0.300 e. The predicted molar refractivity (Wildman–Crippen MR) is 122 cm³/mol. The Balaban J connectivity index is 1.53. The number of aromatic nitrogens is 4. The maximum atomic E-state index is 12.3. The topological polar surface area (TPSA) is 153 Å². The first kappa shape index (κ1) is 23.3. The molecule has 0 unspecified atom stereocenters. The summed E-state index contributed by atoms with van der Waals surface area (Å²) in [5.41, 5.74) is -0.317. The van der Waals surface area contributed by atoms with Crippen LogP contribution in [0.25, 0.3) is 0 Å². The lowest BCUT2D eigenvalue weighted by Crippen LogP contribution is -2.13. The zero-order chi connectivity index (χ0) is 22.4. The number of anilines is 2. The van der Waals surface area contributed by atoms with Crippen molar-refractivity contribution in [1.82, 2.24) is 20.4 Å². The van der Waals surface area contributed by atoms with E-state index < -0.39 is 10.8 Å². The number of carbonyl (C=O) groups excluding carboxylic acids is 2. The van der Waals surface area contributed by atoms with Crippen LogP contribution in [0.4, 0.5) is 16.0 Å². The molecule has 0 spiro atoms. The highest BCUT2D eigenvalue weighted by Gasteiger charge is 2.18. The second-order valence-corrected chi connectivity index (χ2v) is 10.5. The number of benzene rings is 1. The van der Waals surface area contributed by atoms with E-state index in [-0.39, 0.29) is 33.1 Å². The molecule has 3 rings (SSSR count). The molecule has 0 aliphatic carbocycles. The number of nitro groups is 1. The first-order chi connectivity index (χ1) is 14.9. The van der Waals surface area contributed by atoms with E-state index >= 15 is 0 Å². The Morgan fingerprint density at radius 3 is 2.39 bits per heavy atom. The second kappa shape index (κ2) is 10.8. The number of nitro benzene ring substituents is 1. The van der Waals surface area contributed by atoms with Crippen LogP contribution in [0, 0.1) is 10.1 Å². The van der Waals surface area contributed by atoms with Gasteiger partial charge < -0.3 is 0 Å². The molecule has 2 aromatic heterocycles. The van der Waals surface area contributed by atoms with E-state index in [1.54, 1.807) is 0 Å². The molecular formula is C15H12ClN7O4S4. The van der Waals surface area contributed by atoms with Crippen molar-refractivity contribution in [3.05, 3.63) is 38.9 Å². The highest BCUT2D eigenvalue weighted by atomic mass is 35.5. The Kier molecular flexibility index (Phi) is 8.14. The Labute approximate surface area is 196 Å². The minimum Gasteiger partial charge on any atom is -0.300 e. The third kappa shape index (κ3) is 6.57. The molecule has 0 bridgehead atoms. The van der Waals surface area contributed by atoms with Crippen LogP contribution in [-0.4, -0.2) is 48.6 Å². The number of nitrogens with zero attached hydrogens (tertiary/aromatic N) is 5. The molecule has 0 saturated heterocycles. The summed E-state index contributed by atoms with van der Waals surface area (Å²) in [6, 6.07) is 3.72. The summed E-state index contributed by atoms with van der Waals surface area (Å²) in [5, 5.41) is 32.3. The molecule has 0 aliphatic heterocycles. The third-order valence-corrected chi connectivity index (χ3v) is 7.43. The lowest BCUT2D eigenvalue weighted by Gasteiger charge is -2.02. The van der Waals surface area contributed by atoms with Gasteiger partial charge in [0.2, 0.25) is 16.2 Å². The van der Waals surface area contributed by atoms with Gasteiger partial charge in [0.25, 0.3) is 11.6 Å². The van der Waals surface area contributed by atoms with Crippen molar-refractivity contribution in [3.8, 4) is 0 Å². The van der Waals surface area contributed by atoms with E-state index in [1.807, 2.05) is 6.92 Å².